The molecule has 1 aromatic rings. The molecular formula is C22H39N5O3. The molecule has 1 aromatic carbocycles. The van der Waals surface area contributed by atoms with E-state index in [2.05, 4.69) is 40.1 Å². The van der Waals surface area contributed by atoms with Crippen LogP contribution in [0, 0.1) is 0 Å². The molecular weight excluding hydrogens is 382 g/mol. The highest BCUT2D eigenvalue weighted by Gasteiger charge is 2.20. The molecule has 1 saturated heterocycles. The van der Waals surface area contributed by atoms with E-state index in [1.54, 1.807) is 21.3 Å². The Morgan fingerprint density at radius 3 is 2.50 bits per heavy atom. The van der Waals surface area contributed by atoms with E-state index >= 15 is 0 Å². The normalized spacial score (nSPS) is 15.5. The second kappa shape index (κ2) is 13.3. The van der Waals surface area contributed by atoms with E-state index in [1.165, 1.54) is 0 Å². The lowest BCUT2D eigenvalue weighted by Crippen LogP contribution is -2.52. The summed E-state index contributed by atoms with van der Waals surface area (Å²) >= 11 is 0. The summed E-state index contributed by atoms with van der Waals surface area (Å²) in [6.07, 6.45) is 0. The molecule has 0 amide bonds. The van der Waals surface area contributed by atoms with E-state index in [1.807, 2.05) is 12.1 Å². The van der Waals surface area contributed by atoms with E-state index < -0.39 is 0 Å². The van der Waals surface area contributed by atoms with Gasteiger partial charge in [-0.1, -0.05) is 0 Å². The highest BCUT2D eigenvalue weighted by Crippen LogP contribution is 2.25. The molecule has 0 unspecified atom stereocenters. The summed E-state index contributed by atoms with van der Waals surface area (Å²) in [6, 6.07) is 5.98. The quantitative estimate of drug-likeness (QED) is 0.428. The second-order valence-corrected chi connectivity index (χ2v) is 7.47. The minimum Gasteiger partial charge on any atom is -0.497 e. The Bertz CT molecular complexity index is 648. The maximum absolute atomic E-state index is 5.53. The maximum atomic E-state index is 5.53. The molecule has 8 heteroatoms. The average Bonchev–Trinajstić information content (AvgIpc) is 2.77. The van der Waals surface area contributed by atoms with Crippen LogP contribution in [0.2, 0.25) is 0 Å². The molecule has 0 aromatic heterocycles. The predicted octanol–water partition coefficient (Wildman–Crippen LogP) is 1.37. The number of rotatable bonds is 11. The van der Waals surface area contributed by atoms with Crippen molar-refractivity contribution in [2.75, 3.05) is 87.3 Å². The molecule has 1 aliphatic rings. The first-order valence-corrected chi connectivity index (χ1v) is 10.7. The van der Waals surface area contributed by atoms with Crippen molar-refractivity contribution in [2.24, 2.45) is 4.99 Å². The molecule has 8 nitrogen and oxygen atoms in total. The zero-order valence-corrected chi connectivity index (χ0v) is 19.3. The molecule has 30 heavy (non-hydrogen) atoms. The SMILES string of the molecule is CCNC(=NCCN(C)CCOC)N1CCN(Cc2cc(OC)ccc2OC)CC1. The third-order valence-corrected chi connectivity index (χ3v) is 5.31. The van der Waals surface area contributed by atoms with Gasteiger partial charge < -0.3 is 29.3 Å². The summed E-state index contributed by atoms with van der Waals surface area (Å²) in [5, 5.41) is 3.44. The van der Waals surface area contributed by atoms with Gasteiger partial charge in [0.15, 0.2) is 5.96 Å². The Morgan fingerprint density at radius 1 is 1.10 bits per heavy atom. The molecule has 0 radical (unpaired) electrons. The van der Waals surface area contributed by atoms with Crippen LogP contribution in [0.5, 0.6) is 11.5 Å². The van der Waals surface area contributed by atoms with Gasteiger partial charge in [0.2, 0.25) is 0 Å². The third-order valence-electron chi connectivity index (χ3n) is 5.31. The molecule has 1 aliphatic heterocycles. The van der Waals surface area contributed by atoms with Crippen LogP contribution < -0.4 is 14.8 Å². The first kappa shape index (κ1) is 24.2. The lowest BCUT2D eigenvalue weighted by atomic mass is 10.1. The maximum Gasteiger partial charge on any atom is 0.194 e. The van der Waals surface area contributed by atoms with Crippen molar-refractivity contribution in [3.63, 3.8) is 0 Å². The van der Waals surface area contributed by atoms with Gasteiger partial charge in [-0.25, -0.2) is 0 Å². The number of methoxy groups -OCH3 is 3. The monoisotopic (exact) mass is 421 g/mol. The summed E-state index contributed by atoms with van der Waals surface area (Å²) in [5.74, 6) is 2.78. The van der Waals surface area contributed by atoms with E-state index in [0.717, 1.165) is 88.5 Å². The Labute approximate surface area is 181 Å². The minimum atomic E-state index is 0.750. The lowest BCUT2D eigenvalue weighted by molar-refractivity contribution is 0.162. The zero-order chi connectivity index (χ0) is 21.8. The van der Waals surface area contributed by atoms with Crippen LogP contribution in [0.25, 0.3) is 0 Å². The smallest absolute Gasteiger partial charge is 0.194 e. The van der Waals surface area contributed by atoms with Crippen molar-refractivity contribution in [3.8, 4) is 11.5 Å². The Balaban J connectivity index is 1.88. The molecule has 170 valence electrons. The summed E-state index contributed by atoms with van der Waals surface area (Å²) in [6.45, 7) is 11.1. The van der Waals surface area contributed by atoms with Crippen molar-refractivity contribution < 1.29 is 14.2 Å². The van der Waals surface area contributed by atoms with Crippen molar-refractivity contribution in [3.05, 3.63) is 23.8 Å². The van der Waals surface area contributed by atoms with Gasteiger partial charge in [-0.15, -0.1) is 0 Å². The van der Waals surface area contributed by atoms with Crippen LogP contribution in [0.1, 0.15) is 12.5 Å². The Kier molecular flexibility index (Phi) is 10.8. The van der Waals surface area contributed by atoms with E-state index in [-0.39, 0.29) is 0 Å². The number of guanidine groups is 1. The number of aliphatic imine (C=N–C) groups is 1. The fourth-order valence-corrected chi connectivity index (χ4v) is 3.48. The highest BCUT2D eigenvalue weighted by atomic mass is 16.5. The second-order valence-electron chi connectivity index (χ2n) is 7.47. The number of hydrogen-bond donors (Lipinski definition) is 1. The van der Waals surface area contributed by atoms with Crippen molar-refractivity contribution in [2.45, 2.75) is 13.5 Å². The topological polar surface area (TPSA) is 61.8 Å². The number of hydrogen-bond acceptors (Lipinski definition) is 6. The van der Waals surface area contributed by atoms with Crippen LogP contribution >= 0.6 is 0 Å². The summed E-state index contributed by atoms with van der Waals surface area (Å²) in [4.78, 5) is 11.9. The highest BCUT2D eigenvalue weighted by molar-refractivity contribution is 5.80. The minimum absolute atomic E-state index is 0.750. The molecule has 0 atom stereocenters. The standard InChI is InChI=1S/C22H39N5O3/c1-6-23-22(24-9-10-25(2)15-16-28-3)27-13-11-26(12-14-27)18-19-17-20(29-4)7-8-21(19)30-5/h7-8,17H,6,9-16,18H2,1-5H3,(H,23,24). The van der Waals surface area contributed by atoms with E-state index in [9.17, 15) is 0 Å². The van der Waals surface area contributed by atoms with Gasteiger partial charge in [0.25, 0.3) is 0 Å². The Hall–Kier alpha value is -2.03. The number of ether oxygens (including phenoxy) is 3. The average molecular weight is 422 g/mol. The molecule has 2 rings (SSSR count). The van der Waals surface area contributed by atoms with Crippen LogP contribution in [0.4, 0.5) is 0 Å². The molecule has 0 saturated carbocycles. The first-order valence-electron chi connectivity index (χ1n) is 10.7. The summed E-state index contributed by atoms with van der Waals surface area (Å²) < 4.78 is 16.0. The van der Waals surface area contributed by atoms with E-state index in [4.69, 9.17) is 19.2 Å². The number of likely N-dealkylation sites (N-methyl/N-ethyl adjacent to an activating group) is 1. The predicted molar refractivity (Wildman–Crippen MR) is 122 cm³/mol. The van der Waals surface area contributed by atoms with Gasteiger partial charge >= 0.3 is 0 Å². The molecule has 1 heterocycles. The van der Waals surface area contributed by atoms with E-state index in [0.29, 0.717) is 0 Å². The Morgan fingerprint density at radius 2 is 1.87 bits per heavy atom. The molecule has 1 N–H and O–H groups in total. The molecule has 1 fully saturated rings. The number of piperazine rings is 1. The lowest BCUT2D eigenvalue weighted by Gasteiger charge is -2.36. The zero-order valence-electron chi connectivity index (χ0n) is 19.3. The largest absolute Gasteiger partial charge is 0.497 e. The number of nitrogens with one attached hydrogen (secondary N) is 1. The molecule has 0 bridgehead atoms. The van der Waals surface area contributed by atoms with Gasteiger partial charge in [0.1, 0.15) is 11.5 Å². The van der Waals surface area contributed by atoms with Crippen LogP contribution in [-0.4, -0.2) is 108 Å². The molecule has 0 aliphatic carbocycles. The number of benzene rings is 1. The van der Waals surface area contributed by atoms with Gasteiger partial charge in [-0.3, -0.25) is 9.89 Å². The molecule has 0 spiro atoms. The van der Waals surface area contributed by atoms with Crippen LogP contribution in [0.15, 0.2) is 23.2 Å². The van der Waals surface area contributed by atoms with Gasteiger partial charge in [0.05, 0.1) is 27.4 Å². The van der Waals surface area contributed by atoms with Crippen molar-refractivity contribution in [1.82, 2.24) is 20.0 Å². The van der Waals surface area contributed by atoms with Gasteiger partial charge in [0, 0.05) is 65.0 Å². The fraction of sp³-hybridized carbons (Fsp3) is 0.682. The van der Waals surface area contributed by atoms with Crippen molar-refractivity contribution >= 4 is 5.96 Å². The van der Waals surface area contributed by atoms with Gasteiger partial charge in [-0.05, 0) is 32.2 Å². The third kappa shape index (κ3) is 7.66. The summed E-state index contributed by atoms with van der Waals surface area (Å²) in [5.41, 5.74) is 1.16. The van der Waals surface area contributed by atoms with Crippen LogP contribution in [-0.2, 0) is 11.3 Å². The fourth-order valence-electron chi connectivity index (χ4n) is 3.48. The summed E-state index contributed by atoms with van der Waals surface area (Å²) in [7, 11) is 7.25. The first-order chi connectivity index (χ1) is 14.6. The van der Waals surface area contributed by atoms with Crippen LogP contribution in [0.3, 0.4) is 0 Å². The van der Waals surface area contributed by atoms with Gasteiger partial charge in [-0.2, -0.15) is 0 Å². The number of nitrogens with zero attached hydrogens (tertiary/aromatic N) is 4. The van der Waals surface area contributed by atoms with Crippen molar-refractivity contribution in [1.29, 1.82) is 0 Å².